The van der Waals surface area contributed by atoms with Gasteiger partial charge in [-0.15, -0.1) is 11.8 Å². The van der Waals surface area contributed by atoms with E-state index in [1.165, 1.54) is 33.2 Å². The first-order chi connectivity index (χ1) is 14.3. The Morgan fingerprint density at radius 3 is 2.60 bits per heavy atom. The molecular weight excluding hydrogens is 418 g/mol. The number of carbonyl (C=O) groups excluding carboxylic acids is 1. The van der Waals surface area contributed by atoms with Crippen molar-refractivity contribution >= 4 is 33.6 Å². The summed E-state index contributed by atoms with van der Waals surface area (Å²) in [5.41, 5.74) is 2.98. The fourth-order valence-electron chi connectivity index (χ4n) is 3.47. The summed E-state index contributed by atoms with van der Waals surface area (Å²) in [6.07, 6.45) is 1.37. The van der Waals surface area contributed by atoms with E-state index in [-0.39, 0.29) is 18.4 Å². The zero-order valence-corrected chi connectivity index (χ0v) is 19.3. The first kappa shape index (κ1) is 22.8. The number of nitrogens with one attached hydrogen (secondary N) is 1. The zero-order chi connectivity index (χ0) is 21.7. The summed E-state index contributed by atoms with van der Waals surface area (Å²) in [5.74, 6) is 0.392. The molecule has 2 aromatic carbocycles. The number of thioether (sulfide) groups is 1. The van der Waals surface area contributed by atoms with E-state index in [0.29, 0.717) is 19.4 Å². The maximum absolute atomic E-state index is 12.8. The summed E-state index contributed by atoms with van der Waals surface area (Å²) < 4.78 is 27.4. The lowest BCUT2D eigenvalue weighted by atomic mass is 9.98. The summed E-state index contributed by atoms with van der Waals surface area (Å²) >= 11 is 1.78. The monoisotopic (exact) mass is 447 g/mol. The Balaban J connectivity index is 1.61. The Hall–Kier alpha value is -1.87. The fourth-order valence-corrected chi connectivity index (χ4v) is 5.52. The van der Waals surface area contributed by atoms with Gasteiger partial charge in [0.05, 0.1) is 5.92 Å². The van der Waals surface area contributed by atoms with Crippen molar-refractivity contribution in [1.29, 1.82) is 0 Å². The molecule has 0 bridgehead atoms. The van der Waals surface area contributed by atoms with E-state index in [0.717, 1.165) is 17.0 Å². The van der Waals surface area contributed by atoms with Crippen LogP contribution in [-0.4, -0.2) is 50.1 Å². The first-order valence-corrected chi connectivity index (χ1v) is 12.4. The molecule has 2 aromatic rings. The summed E-state index contributed by atoms with van der Waals surface area (Å²) in [4.78, 5) is 14.0. The first-order valence-electron chi connectivity index (χ1n) is 10.0. The highest BCUT2D eigenvalue weighted by atomic mass is 32.2. The molecule has 1 heterocycles. The average Bonchev–Trinajstić information content (AvgIpc) is 2.74. The second kappa shape index (κ2) is 9.96. The molecule has 0 spiro atoms. The van der Waals surface area contributed by atoms with Crippen LogP contribution in [0.3, 0.4) is 0 Å². The summed E-state index contributed by atoms with van der Waals surface area (Å²) in [6.45, 7) is 2.66. The fraction of sp³-hybridized carbons (Fsp3) is 0.409. The highest BCUT2D eigenvalue weighted by Crippen LogP contribution is 2.26. The number of rotatable bonds is 7. The highest BCUT2D eigenvalue weighted by molar-refractivity contribution is 7.98. The topological polar surface area (TPSA) is 69.7 Å². The highest BCUT2D eigenvalue weighted by Gasteiger charge is 2.33. The van der Waals surface area contributed by atoms with Crippen LogP contribution in [0, 0.1) is 12.8 Å². The maximum Gasteiger partial charge on any atom is 0.281 e. The number of anilines is 1. The number of benzene rings is 2. The summed E-state index contributed by atoms with van der Waals surface area (Å²) in [7, 11) is -0.470. The third-order valence-electron chi connectivity index (χ3n) is 5.24. The van der Waals surface area contributed by atoms with Crippen LogP contribution in [-0.2, 0) is 20.8 Å². The van der Waals surface area contributed by atoms with E-state index >= 15 is 0 Å². The van der Waals surface area contributed by atoms with E-state index < -0.39 is 10.2 Å². The Labute approximate surface area is 183 Å². The van der Waals surface area contributed by atoms with Gasteiger partial charge in [-0.1, -0.05) is 30.3 Å². The third-order valence-corrected chi connectivity index (χ3v) is 8.23. The molecule has 1 N–H and O–H groups in total. The molecule has 162 valence electrons. The predicted octanol–water partition coefficient (Wildman–Crippen LogP) is 3.74. The van der Waals surface area contributed by atoms with Crippen LogP contribution >= 0.6 is 11.8 Å². The van der Waals surface area contributed by atoms with Gasteiger partial charge < -0.3 is 5.32 Å². The Kier molecular flexibility index (Phi) is 7.57. The molecule has 0 unspecified atom stereocenters. The molecule has 1 aliphatic rings. The van der Waals surface area contributed by atoms with Crippen LogP contribution in [0.25, 0.3) is 0 Å². The van der Waals surface area contributed by atoms with Gasteiger partial charge in [0.25, 0.3) is 10.2 Å². The molecule has 0 radical (unpaired) electrons. The predicted molar refractivity (Wildman–Crippen MR) is 123 cm³/mol. The number of hydrogen-bond donors (Lipinski definition) is 1. The van der Waals surface area contributed by atoms with Gasteiger partial charge in [-0.3, -0.25) is 4.79 Å². The molecule has 1 fully saturated rings. The largest absolute Gasteiger partial charge is 0.326 e. The molecule has 0 aliphatic carbocycles. The van der Waals surface area contributed by atoms with Crippen molar-refractivity contribution in [2.75, 3.05) is 32.5 Å². The van der Waals surface area contributed by atoms with E-state index in [1.807, 2.05) is 37.3 Å². The lowest BCUT2D eigenvalue weighted by molar-refractivity contribution is -0.120. The van der Waals surface area contributed by atoms with Crippen molar-refractivity contribution in [2.24, 2.45) is 5.92 Å². The lowest BCUT2D eigenvalue weighted by Gasteiger charge is -2.32. The minimum absolute atomic E-state index is 0.122. The smallest absolute Gasteiger partial charge is 0.281 e. The average molecular weight is 448 g/mol. The van der Waals surface area contributed by atoms with E-state index in [1.54, 1.807) is 11.8 Å². The van der Waals surface area contributed by atoms with Crippen LogP contribution in [0.15, 0.2) is 53.4 Å². The maximum atomic E-state index is 12.8. The van der Waals surface area contributed by atoms with Crippen LogP contribution in [0.4, 0.5) is 5.69 Å². The standard InChI is InChI=1S/C22H29N3O3S2/c1-17-14-18(16-29-20-9-5-4-6-10-20)11-12-21(17)23-22(26)19-8-7-13-25(15-19)30(27,28)24(2)3/h4-6,9-12,14,19H,7-8,13,15-16H2,1-3H3,(H,23,26)/t19-/m0/s1. The SMILES string of the molecule is Cc1cc(CSc2ccccc2)ccc1NC(=O)[C@H]1CCCN(S(=O)(=O)N(C)C)C1. The molecule has 1 aliphatic heterocycles. The van der Waals surface area contributed by atoms with Gasteiger partial charge in [-0.2, -0.15) is 17.0 Å². The molecular formula is C22H29N3O3S2. The number of aryl methyl sites for hydroxylation is 1. The van der Waals surface area contributed by atoms with E-state index in [4.69, 9.17) is 0 Å². The molecule has 8 heteroatoms. The van der Waals surface area contributed by atoms with Gasteiger partial charge in [0.1, 0.15) is 0 Å². The van der Waals surface area contributed by atoms with E-state index in [2.05, 4.69) is 23.5 Å². The minimum atomic E-state index is -3.50. The zero-order valence-electron chi connectivity index (χ0n) is 17.7. The second-order valence-electron chi connectivity index (χ2n) is 7.73. The van der Waals surface area contributed by atoms with E-state index in [9.17, 15) is 13.2 Å². The second-order valence-corrected chi connectivity index (χ2v) is 10.9. The number of piperidine rings is 1. The van der Waals surface area contributed by atoms with Crippen molar-refractivity contribution in [3.05, 3.63) is 59.7 Å². The Morgan fingerprint density at radius 2 is 1.93 bits per heavy atom. The molecule has 0 aromatic heterocycles. The molecule has 1 amide bonds. The van der Waals surface area contributed by atoms with Crippen molar-refractivity contribution in [2.45, 2.75) is 30.4 Å². The number of carbonyl (C=O) groups is 1. The van der Waals surface area contributed by atoms with Crippen LogP contribution in [0.2, 0.25) is 0 Å². The lowest BCUT2D eigenvalue weighted by Crippen LogP contribution is -2.47. The van der Waals surface area contributed by atoms with Gasteiger partial charge in [0.15, 0.2) is 0 Å². The molecule has 3 rings (SSSR count). The minimum Gasteiger partial charge on any atom is -0.326 e. The van der Waals surface area contributed by atoms with Gasteiger partial charge in [0, 0.05) is 43.5 Å². The molecule has 30 heavy (non-hydrogen) atoms. The Morgan fingerprint density at radius 1 is 1.20 bits per heavy atom. The normalized spacial score (nSPS) is 17.8. The Bertz CT molecular complexity index is 978. The summed E-state index contributed by atoms with van der Waals surface area (Å²) in [5, 5.41) is 3.00. The number of amides is 1. The molecule has 1 atom stereocenters. The van der Waals surface area contributed by atoms with Gasteiger partial charge >= 0.3 is 0 Å². The van der Waals surface area contributed by atoms with Crippen LogP contribution in [0.5, 0.6) is 0 Å². The number of nitrogens with zero attached hydrogens (tertiary/aromatic N) is 2. The van der Waals surface area contributed by atoms with Crippen LogP contribution in [0.1, 0.15) is 24.0 Å². The van der Waals surface area contributed by atoms with Crippen molar-refractivity contribution in [3.8, 4) is 0 Å². The third kappa shape index (κ3) is 5.63. The van der Waals surface area contributed by atoms with Gasteiger partial charge in [0.2, 0.25) is 5.91 Å². The molecule has 0 saturated carbocycles. The van der Waals surface area contributed by atoms with Crippen molar-refractivity contribution < 1.29 is 13.2 Å². The number of hydrogen-bond acceptors (Lipinski definition) is 4. The van der Waals surface area contributed by atoms with Gasteiger partial charge in [-0.05, 0) is 49.1 Å². The van der Waals surface area contributed by atoms with Crippen molar-refractivity contribution in [1.82, 2.24) is 8.61 Å². The molecule has 6 nitrogen and oxygen atoms in total. The van der Waals surface area contributed by atoms with Crippen LogP contribution < -0.4 is 5.32 Å². The summed E-state index contributed by atoms with van der Waals surface area (Å²) in [6, 6.07) is 16.3. The van der Waals surface area contributed by atoms with Crippen molar-refractivity contribution in [3.63, 3.8) is 0 Å². The molecule has 1 saturated heterocycles. The van der Waals surface area contributed by atoms with Gasteiger partial charge in [-0.25, -0.2) is 0 Å². The quantitative estimate of drug-likeness (QED) is 0.657.